The summed E-state index contributed by atoms with van der Waals surface area (Å²) >= 11 is 6.07. The van der Waals surface area contributed by atoms with Gasteiger partial charge in [-0.05, 0) is 49.2 Å². The van der Waals surface area contributed by atoms with Crippen LogP contribution in [-0.2, 0) is 0 Å². The molecule has 2 amide bonds. The lowest BCUT2D eigenvalue weighted by Gasteiger charge is -2.31. The number of methoxy groups -OCH3 is 1. The van der Waals surface area contributed by atoms with Gasteiger partial charge in [-0.25, -0.2) is 4.79 Å². The number of piperidine rings is 1. The molecule has 136 valence electrons. The number of amides is 2. The minimum atomic E-state index is -0.187. The fourth-order valence-electron chi connectivity index (χ4n) is 3.09. The summed E-state index contributed by atoms with van der Waals surface area (Å²) in [5.74, 6) is 0.791. The second-order valence-electron chi connectivity index (χ2n) is 6.26. The van der Waals surface area contributed by atoms with Gasteiger partial charge in [0.1, 0.15) is 5.75 Å². The Kier molecular flexibility index (Phi) is 5.78. The molecule has 0 unspecified atom stereocenters. The molecular weight excluding hydrogens is 352 g/mol. The summed E-state index contributed by atoms with van der Waals surface area (Å²) in [6, 6.07) is 14.1. The molecule has 2 aromatic carbocycles. The molecule has 1 saturated heterocycles. The van der Waals surface area contributed by atoms with Crippen LogP contribution in [0, 0.1) is 5.92 Å². The van der Waals surface area contributed by atoms with E-state index in [0.717, 1.165) is 5.75 Å². The number of nitrogens with one attached hydrogen (secondary N) is 1. The molecule has 0 spiro atoms. The fourth-order valence-corrected chi connectivity index (χ4v) is 3.28. The number of ketones is 1. The standard InChI is InChI=1S/C20H21ClN2O3/c1-26-16-8-6-14(7-9-16)19(24)15-10-12-23(13-11-15)20(25)22-18-5-3-2-4-17(18)21/h2-9,15H,10-13H2,1H3,(H,22,25). The highest BCUT2D eigenvalue weighted by molar-refractivity contribution is 6.33. The van der Waals surface area contributed by atoms with Crippen LogP contribution < -0.4 is 10.1 Å². The van der Waals surface area contributed by atoms with Gasteiger partial charge in [-0.3, -0.25) is 4.79 Å². The number of rotatable bonds is 4. The van der Waals surface area contributed by atoms with E-state index in [2.05, 4.69) is 5.32 Å². The lowest BCUT2D eigenvalue weighted by atomic mass is 9.89. The molecule has 2 aromatic rings. The Morgan fingerprint density at radius 3 is 2.35 bits per heavy atom. The maximum atomic E-state index is 12.6. The van der Waals surface area contributed by atoms with Gasteiger partial charge in [0.25, 0.3) is 0 Å². The van der Waals surface area contributed by atoms with Crippen LogP contribution >= 0.6 is 11.6 Å². The van der Waals surface area contributed by atoms with Crippen LogP contribution in [-0.4, -0.2) is 36.9 Å². The molecule has 1 heterocycles. The van der Waals surface area contributed by atoms with Crippen LogP contribution in [0.25, 0.3) is 0 Å². The summed E-state index contributed by atoms with van der Waals surface area (Å²) in [5.41, 5.74) is 1.28. The molecule has 1 N–H and O–H groups in total. The highest BCUT2D eigenvalue weighted by atomic mass is 35.5. The number of likely N-dealkylation sites (tertiary alicyclic amines) is 1. The zero-order chi connectivity index (χ0) is 18.5. The normalized spacial score (nSPS) is 14.8. The second-order valence-corrected chi connectivity index (χ2v) is 6.67. The number of para-hydroxylation sites is 1. The zero-order valence-corrected chi connectivity index (χ0v) is 15.3. The Morgan fingerprint density at radius 2 is 1.73 bits per heavy atom. The summed E-state index contributed by atoms with van der Waals surface area (Å²) < 4.78 is 5.12. The van der Waals surface area contributed by atoms with Crippen LogP contribution in [0.5, 0.6) is 5.75 Å². The van der Waals surface area contributed by atoms with E-state index in [1.54, 1.807) is 48.4 Å². The number of benzene rings is 2. The average molecular weight is 373 g/mol. The molecule has 0 radical (unpaired) electrons. The molecule has 0 saturated carbocycles. The van der Waals surface area contributed by atoms with Gasteiger partial charge in [0.15, 0.2) is 5.78 Å². The first-order chi connectivity index (χ1) is 12.6. The molecule has 0 bridgehead atoms. The highest BCUT2D eigenvalue weighted by Crippen LogP contribution is 2.25. The minimum absolute atomic E-state index is 0.0623. The van der Waals surface area contributed by atoms with Crippen molar-refractivity contribution in [3.63, 3.8) is 0 Å². The van der Waals surface area contributed by atoms with Crippen molar-refractivity contribution in [2.45, 2.75) is 12.8 Å². The van der Waals surface area contributed by atoms with Crippen LogP contribution in [0.3, 0.4) is 0 Å². The molecule has 5 nitrogen and oxygen atoms in total. The number of halogens is 1. The molecular formula is C20H21ClN2O3. The number of carbonyl (C=O) groups excluding carboxylic acids is 2. The van der Waals surface area contributed by atoms with Crippen LogP contribution in [0.15, 0.2) is 48.5 Å². The number of ether oxygens (including phenoxy) is 1. The topological polar surface area (TPSA) is 58.6 Å². The molecule has 0 aromatic heterocycles. The second kappa shape index (κ2) is 8.23. The van der Waals surface area contributed by atoms with E-state index < -0.39 is 0 Å². The Morgan fingerprint density at radius 1 is 1.08 bits per heavy atom. The van der Waals surface area contributed by atoms with Crippen LogP contribution in [0.2, 0.25) is 5.02 Å². The van der Waals surface area contributed by atoms with E-state index in [1.165, 1.54) is 0 Å². The van der Waals surface area contributed by atoms with Gasteiger partial charge < -0.3 is 15.0 Å². The SMILES string of the molecule is COc1ccc(C(=O)C2CCN(C(=O)Nc3ccccc3Cl)CC2)cc1. The number of urea groups is 1. The van der Waals surface area contributed by atoms with Gasteiger partial charge in [-0.1, -0.05) is 23.7 Å². The molecule has 1 fully saturated rings. The predicted molar refractivity (Wildman–Crippen MR) is 102 cm³/mol. The summed E-state index contributed by atoms with van der Waals surface area (Å²) in [7, 11) is 1.60. The van der Waals surface area contributed by atoms with Gasteiger partial charge in [0.05, 0.1) is 17.8 Å². The summed E-state index contributed by atoms with van der Waals surface area (Å²) in [4.78, 5) is 26.8. The predicted octanol–water partition coefficient (Wildman–Crippen LogP) is 4.48. The van der Waals surface area contributed by atoms with Crippen molar-refractivity contribution in [1.29, 1.82) is 0 Å². The molecule has 0 aliphatic carbocycles. The van der Waals surface area contributed by atoms with Crippen molar-refractivity contribution in [2.24, 2.45) is 5.92 Å². The van der Waals surface area contributed by atoms with Crippen LogP contribution in [0.4, 0.5) is 10.5 Å². The van der Waals surface area contributed by atoms with E-state index in [4.69, 9.17) is 16.3 Å². The number of hydrogen-bond donors (Lipinski definition) is 1. The van der Waals surface area contributed by atoms with Crippen molar-refractivity contribution in [3.8, 4) is 5.75 Å². The third-order valence-electron chi connectivity index (χ3n) is 4.64. The van der Waals surface area contributed by atoms with Crippen molar-refractivity contribution in [3.05, 3.63) is 59.1 Å². The maximum Gasteiger partial charge on any atom is 0.321 e. The third kappa shape index (κ3) is 4.17. The van der Waals surface area contributed by atoms with E-state index in [-0.39, 0.29) is 17.7 Å². The molecule has 26 heavy (non-hydrogen) atoms. The molecule has 1 aliphatic rings. The largest absolute Gasteiger partial charge is 0.497 e. The van der Waals surface area contributed by atoms with Crippen molar-refractivity contribution < 1.29 is 14.3 Å². The van der Waals surface area contributed by atoms with E-state index in [9.17, 15) is 9.59 Å². The summed E-state index contributed by atoms with van der Waals surface area (Å²) in [6.07, 6.45) is 1.31. The lowest BCUT2D eigenvalue weighted by molar-refractivity contribution is 0.0859. The van der Waals surface area contributed by atoms with Gasteiger partial charge in [-0.2, -0.15) is 0 Å². The number of carbonyl (C=O) groups is 2. The molecule has 0 atom stereocenters. The first kappa shape index (κ1) is 18.3. The van der Waals surface area contributed by atoms with Crippen LogP contribution in [0.1, 0.15) is 23.2 Å². The summed E-state index contributed by atoms with van der Waals surface area (Å²) in [5, 5.41) is 3.33. The number of hydrogen-bond acceptors (Lipinski definition) is 3. The number of nitrogens with zero attached hydrogens (tertiary/aromatic N) is 1. The summed E-state index contributed by atoms with van der Waals surface area (Å²) in [6.45, 7) is 1.09. The van der Waals surface area contributed by atoms with E-state index in [1.807, 2.05) is 12.1 Å². The Balaban J connectivity index is 1.55. The first-order valence-electron chi connectivity index (χ1n) is 8.57. The fraction of sp³-hybridized carbons (Fsp3) is 0.300. The van der Waals surface area contributed by atoms with Crippen molar-refractivity contribution in [2.75, 3.05) is 25.5 Å². The number of Topliss-reactive ketones (excluding diaryl/α,β-unsaturated/α-hetero) is 1. The van der Waals surface area contributed by atoms with Gasteiger partial charge in [0.2, 0.25) is 0 Å². The minimum Gasteiger partial charge on any atom is -0.497 e. The Bertz CT molecular complexity index is 784. The quantitative estimate of drug-likeness (QED) is 0.805. The maximum absolute atomic E-state index is 12.6. The zero-order valence-electron chi connectivity index (χ0n) is 14.6. The van der Waals surface area contributed by atoms with Crippen molar-refractivity contribution in [1.82, 2.24) is 4.90 Å². The molecule has 3 rings (SSSR count). The highest BCUT2D eigenvalue weighted by Gasteiger charge is 2.28. The third-order valence-corrected chi connectivity index (χ3v) is 4.97. The lowest BCUT2D eigenvalue weighted by Crippen LogP contribution is -2.42. The molecule has 6 heteroatoms. The van der Waals surface area contributed by atoms with Gasteiger partial charge in [-0.15, -0.1) is 0 Å². The van der Waals surface area contributed by atoms with Crippen molar-refractivity contribution >= 4 is 29.1 Å². The van der Waals surface area contributed by atoms with E-state index in [0.29, 0.717) is 42.2 Å². The smallest absolute Gasteiger partial charge is 0.321 e. The first-order valence-corrected chi connectivity index (χ1v) is 8.95. The molecule has 1 aliphatic heterocycles. The van der Waals surface area contributed by atoms with E-state index >= 15 is 0 Å². The van der Waals surface area contributed by atoms with Gasteiger partial charge in [0, 0.05) is 24.6 Å². The Hall–Kier alpha value is -2.53. The number of anilines is 1. The Labute approximate surface area is 157 Å². The van der Waals surface area contributed by atoms with Gasteiger partial charge >= 0.3 is 6.03 Å². The average Bonchev–Trinajstić information content (AvgIpc) is 2.69. The monoisotopic (exact) mass is 372 g/mol.